The van der Waals surface area contributed by atoms with Gasteiger partial charge in [-0.25, -0.2) is 19.2 Å². The molecule has 4 N–H and O–H groups in total. The van der Waals surface area contributed by atoms with Gasteiger partial charge in [0.2, 0.25) is 5.60 Å². The van der Waals surface area contributed by atoms with E-state index >= 15 is 0 Å². The molecule has 268 valence electrons. The van der Waals surface area contributed by atoms with Crippen molar-refractivity contribution < 1.29 is 63.3 Å². The van der Waals surface area contributed by atoms with Crippen LogP contribution in [0.25, 0.3) is 0 Å². The van der Waals surface area contributed by atoms with Crippen LogP contribution in [0.4, 0.5) is 0 Å². The van der Waals surface area contributed by atoms with Crippen molar-refractivity contribution in [3.05, 3.63) is 96.8 Å². The molecule has 4 rings (SSSR count). The van der Waals surface area contributed by atoms with Crippen LogP contribution in [-0.4, -0.2) is 62.8 Å². The van der Waals surface area contributed by atoms with E-state index in [0.717, 1.165) is 12.2 Å². The van der Waals surface area contributed by atoms with Crippen LogP contribution in [0.5, 0.6) is 28.7 Å². The SMILES string of the molecule is COC1=CC(=O)C=C(C)[C@]1(O)C(=O)Oc1c(C)c(C)c(C(=O)Oc2cc(C)c(C(=O)Oc3cc(C)c(C(=O)O)c(C)c3C)c(O)c2C)c(O)c1C. The highest BCUT2D eigenvalue weighted by Crippen LogP contribution is 2.41. The van der Waals surface area contributed by atoms with E-state index in [1.54, 1.807) is 20.8 Å². The van der Waals surface area contributed by atoms with Crippen LogP contribution in [0, 0.1) is 55.4 Å². The lowest BCUT2D eigenvalue weighted by atomic mass is 9.87. The maximum Gasteiger partial charge on any atom is 0.356 e. The molecule has 13 heteroatoms. The number of aliphatic hydroxyl groups is 1. The minimum Gasteiger partial charge on any atom is -0.507 e. The number of hydrogen-bond acceptors (Lipinski definition) is 12. The highest BCUT2D eigenvalue weighted by Gasteiger charge is 2.48. The number of methoxy groups -OCH3 is 1. The van der Waals surface area contributed by atoms with E-state index in [0.29, 0.717) is 16.7 Å². The van der Waals surface area contributed by atoms with Crippen LogP contribution >= 0.6 is 0 Å². The summed E-state index contributed by atoms with van der Waals surface area (Å²) >= 11 is 0. The van der Waals surface area contributed by atoms with Gasteiger partial charge >= 0.3 is 23.9 Å². The molecular weight excluding hydrogens is 664 g/mol. The highest BCUT2D eigenvalue weighted by atomic mass is 16.6. The molecule has 0 aliphatic heterocycles. The number of carbonyl (C=O) groups is 5. The lowest BCUT2D eigenvalue weighted by molar-refractivity contribution is -0.151. The average molecular weight is 703 g/mol. The number of rotatable bonds is 8. The van der Waals surface area contributed by atoms with Crippen molar-refractivity contribution >= 4 is 29.7 Å². The largest absolute Gasteiger partial charge is 0.507 e. The third-order valence-electron chi connectivity index (χ3n) is 9.26. The number of aromatic carboxylic acids is 1. The molecule has 3 aromatic rings. The van der Waals surface area contributed by atoms with E-state index in [4.69, 9.17) is 18.9 Å². The number of aromatic hydroxyl groups is 2. The van der Waals surface area contributed by atoms with Gasteiger partial charge in [0, 0.05) is 17.2 Å². The van der Waals surface area contributed by atoms with E-state index < -0.39 is 46.8 Å². The van der Waals surface area contributed by atoms with Crippen LogP contribution in [0.3, 0.4) is 0 Å². The summed E-state index contributed by atoms with van der Waals surface area (Å²) in [7, 11) is 1.18. The fourth-order valence-corrected chi connectivity index (χ4v) is 5.95. The van der Waals surface area contributed by atoms with Crippen molar-refractivity contribution in [3.8, 4) is 28.7 Å². The first kappa shape index (κ1) is 37.9. The molecular formula is C38H38O13. The molecule has 1 aliphatic carbocycles. The Morgan fingerprint density at radius 1 is 0.627 bits per heavy atom. The second-order valence-electron chi connectivity index (χ2n) is 12.4. The Morgan fingerprint density at radius 2 is 1.12 bits per heavy atom. The average Bonchev–Trinajstić information content (AvgIpc) is 3.04. The summed E-state index contributed by atoms with van der Waals surface area (Å²) in [5, 5.41) is 43.0. The van der Waals surface area contributed by atoms with Gasteiger partial charge < -0.3 is 39.4 Å². The predicted molar refractivity (Wildman–Crippen MR) is 182 cm³/mol. The number of ketones is 1. The zero-order valence-electron chi connectivity index (χ0n) is 29.8. The van der Waals surface area contributed by atoms with Crippen LogP contribution in [-0.2, 0) is 14.3 Å². The standard InChI is InChI=1S/C38H38O13/c1-15-11-25(18(4)19(5)28(15)34(42)43)49-35(44)29-16(2)12-26(22(8)31(29)40)50-36(45)30-20(6)21(7)33(23(9)32(30)41)51-37(46)38(47)17(3)13-24(39)14-27(38)48-10/h11-14,40-41,47H,1-10H3,(H,42,43)/t38-/m1/s1. The number of carboxylic acid groups (broad SMARTS) is 1. The van der Waals surface area contributed by atoms with E-state index in [9.17, 15) is 44.4 Å². The smallest absolute Gasteiger partial charge is 0.356 e. The minimum absolute atomic E-state index is 0.00646. The van der Waals surface area contributed by atoms with Gasteiger partial charge in [-0.3, -0.25) is 4.79 Å². The molecule has 13 nitrogen and oxygen atoms in total. The number of benzene rings is 3. The summed E-state index contributed by atoms with van der Waals surface area (Å²) in [6.45, 7) is 13.4. The van der Waals surface area contributed by atoms with Gasteiger partial charge in [-0.15, -0.1) is 0 Å². The van der Waals surface area contributed by atoms with Gasteiger partial charge in [0.15, 0.2) is 5.78 Å². The summed E-state index contributed by atoms with van der Waals surface area (Å²) in [4.78, 5) is 63.8. The number of hydrogen-bond donors (Lipinski definition) is 4. The van der Waals surface area contributed by atoms with Gasteiger partial charge in [0.1, 0.15) is 45.6 Å². The van der Waals surface area contributed by atoms with Gasteiger partial charge in [-0.1, -0.05) is 0 Å². The van der Waals surface area contributed by atoms with Gasteiger partial charge in [-0.05, 0) is 119 Å². The first-order valence-corrected chi connectivity index (χ1v) is 15.6. The van der Waals surface area contributed by atoms with E-state index in [1.165, 1.54) is 60.8 Å². The Bertz CT molecular complexity index is 2100. The van der Waals surface area contributed by atoms with Crippen molar-refractivity contribution in [2.75, 3.05) is 7.11 Å². The third-order valence-corrected chi connectivity index (χ3v) is 9.26. The Hall–Kier alpha value is -5.95. The molecule has 0 saturated heterocycles. The van der Waals surface area contributed by atoms with Crippen molar-refractivity contribution in [2.24, 2.45) is 0 Å². The second kappa shape index (κ2) is 13.8. The Balaban J connectivity index is 1.65. The quantitative estimate of drug-likeness (QED) is 0.172. The summed E-state index contributed by atoms with van der Waals surface area (Å²) in [5.41, 5.74) is -1.06. The summed E-state index contributed by atoms with van der Waals surface area (Å²) in [6.07, 6.45) is 2.02. The lowest BCUT2D eigenvalue weighted by Gasteiger charge is -2.30. The molecule has 0 spiro atoms. The van der Waals surface area contributed by atoms with Gasteiger partial charge in [0.25, 0.3) is 0 Å². The van der Waals surface area contributed by atoms with Crippen molar-refractivity contribution in [3.63, 3.8) is 0 Å². The number of carbonyl (C=O) groups excluding carboxylic acids is 4. The predicted octanol–water partition coefficient (Wildman–Crippen LogP) is 5.40. The molecule has 51 heavy (non-hydrogen) atoms. The van der Waals surface area contributed by atoms with Crippen molar-refractivity contribution in [2.45, 2.75) is 67.9 Å². The zero-order chi connectivity index (χ0) is 38.4. The molecule has 1 atom stereocenters. The van der Waals surface area contributed by atoms with Crippen molar-refractivity contribution in [1.29, 1.82) is 0 Å². The number of allylic oxidation sites excluding steroid dienone is 2. The Labute approximate surface area is 293 Å². The number of ether oxygens (including phenoxy) is 4. The molecule has 0 bridgehead atoms. The molecule has 0 saturated carbocycles. The zero-order valence-corrected chi connectivity index (χ0v) is 29.8. The van der Waals surface area contributed by atoms with E-state index in [2.05, 4.69) is 0 Å². The van der Waals surface area contributed by atoms with E-state index in [-0.39, 0.29) is 73.1 Å². The summed E-state index contributed by atoms with van der Waals surface area (Å²) in [6, 6.07) is 2.77. The maximum absolute atomic E-state index is 13.6. The molecule has 0 radical (unpaired) electrons. The Morgan fingerprint density at radius 3 is 1.67 bits per heavy atom. The van der Waals surface area contributed by atoms with Crippen LogP contribution < -0.4 is 14.2 Å². The number of phenolic OH excluding ortho intramolecular Hbond substituents is 2. The first-order chi connectivity index (χ1) is 23.7. The molecule has 3 aromatic carbocycles. The molecule has 0 fully saturated rings. The highest BCUT2D eigenvalue weighted by molar-refractivity contribution is 6.06. The Kier molecular flexibility index (Phi) is 10.2. The monoisotopic (exact) mass is 702 g/mol. The molecule has 0 amide bonds. The lowest BCUT2D eigenvalue weighted by Crippen LogP contribution is -2.47. The molecule has 0 unspecified atom stereocenters. The number of phenols is 2. The number of esters is 3. The number of aryl methyl sites for hydroxylation is 2. The van der Waals surface area contributed by atoms with E-state index in [1.807, 2.05) is 0 Å². The molecule has 0 aromatic heterocycles. The summed E-state index contributed by atoms with van der Waals surface area (Å²) in [5.74, 6) is -6.40. The van der Waals surface area contributed by atoms with Crippen LogP contribution in [0.15, 0.2) is 35.6 Å². The van der Waals surface area contributed by atoms with Crippen LogP contribution in [0.1, 0.15) is 82.5 Å². The third kappa shape index (κ3) is 6.43. The maximum atomic E-state index is 13.6. The minimum atomic E-state index is -2.43. The normalized spacial score (nSPS) is 15.5. The first-order valence-electron chi connectivity index (χ1n) is 15.6. The summed E-state index contributed by atoms with van der Waals surface area (Å²) < 4.78 is 21.9. The van der Waals surface area contributed by atoms with Gasteiger partial charge in [0.05, 0.1) is 12.7 Å². The topological polar surface area (TPSA) is 203 Å². The van der Waals surface area contributed by atoms with Gasteiger partial charge in [-0.2, -0.15) is 0 Å². The molecule has 0 heterocycles. The fraction of sp³-hybridized carbons (Fsp3) is 0.289. The number of carboxylic acids is 1. The molecule has 1 aliphatic rings. The fourth-order valence-electron chi connectivity index (χ4n) is 5.95. The van der Waals surface area contributed by atoms with Crippen LogP contribution in [0.2, 0.25) is 0 Å². The second-order valence-corrected chi connectivity index (χ2v) is 12.4. The van der Waals surface area contributed by atoms with Crippen molar-refractivity contribution in [1.82, 2.24) is 0 Å².